The molecule has 1 N–H and O–H groups in total. The fourth-order valence-corrected chi connectivity index (χ4v) is 4.33. The Morgan fingerprint density at radius 3 is 2.85 bits per heavy atom. The van der Waals surface area contributed by atoms with Crippen molar-refractivity contribution in [3.63, 3.8) is 0 Å². The summed E-state index contributed by atoms with van der Waals surface area (Å²) < 4.78 is 5.85. The van der Waals surface area contributed by atoms with Crippen molar-refractivity contribution in [3.05, 3.63) is 59.7 Å². The Kier molecular flexibility index (Phi) is 4.79. The lowest BCUT2D eigenvalue weighted by Gasteiger charge is -2.37. The van der Waals surface area contributed by atoms with Gasteiger partial charge in [0.15, 0.2) is 0 Å². The number of carbonyl (C=O) groups excluding carboxylic acids is 1. The number of aliphatic hydroxyl groups is 1. The molecule has 0 aromatic heterocycles. The number of hydrogen-bond acceptors (Lipinski definition) is 3. The Bertz CT molecular complexity index is 803. The van der Waals surface area contributed by atoms with Crippen molar-refractivity contribution in [2.24, 2.45) is 5.92 Å². The molecule has 2 aromatic carbocycles. The molecule has 0 unspecified atom stereocenters. The molecule has 1 amide bonds. The van der Waals surface area contributed by atoms with Gasteiger partial charge in [0, 0.05) is 18.7 Å². The number of morpholine rings is 1. The number of benzene rings is 2. The fourth-order valence-electron chi connectivity index (χ4n) is 4.33. The van der Waals surface area contributed by atoms with Crippen molar-refractivity contribution in [2.75, 3.05) is 19.8 Å². The quantitative estimate of drug-likeness (QED) is 0.923. The van der Waals surface area contributed by atoms with Gasteiger partial charge in [-0.05, 0) is 54.5 Å². The number of fused-ring (bicyclic) bond motifs is 1. The zero-order valence-corrected chi connectivity index (χ0v) is 15.1. The summed E-state index contributed by atoms with van der Waals surface area (Å²) in [6.07, 6.45) is 1.72. The zero-order valence-electron chi connectivity index (χ0n) is 15.1. The van der Waals surface area contributed by atoms with Crippen molar-refractivity contribution in [1.29, 1.82) is 0 Å². The van der Waals surface area contributed by atoms with Gasteiger partial charge in [-0.25, -0.2) is 0 Å². The predicted octanol–water partition coefficient (Wildman–Crippen LogP) is 3.27. The fraction of sp³-hybridized carbons (Fsp3) is 0.409. The zero-order chi connectivity index (χ0) is 18.1. The van der Waals surface area contributed by atoms with Gasteiger partial charge >= 0.3 is 0 Å². The van der Waals surface area contributed by atoms with E-state index < -0.39 is 0 Å². The highest BCUT2D eigenvalue weighted by atomic mass is 16.5. The number of ether oxygens (including phenoxy) is 1. The minimum absolute atomic E-state index is 0.0596. The van der Waals surface area contributed by atoms with Crippen molar-refractivity contribution in [1.82, 2.24) is 4.90 Å². The molecule has 1 saturated heterocycles. The van der Waals surface area contributed by atoms with Crippen molar-refractivity contribution in [3.8, 4) is 11.1 Å². The second-order valence-corrected chi connectivity index (χ2v) is 7.39. The summed E-state index contributed by atoms with van der Waals surface area (Å²) in [6, 6.07) is 16.2. The van der Waals surface area contributed by atoms with E-state index >= 15 is 0 Å². The smallest absolute Gasteiger partial charge is 0.254 e. The van der Waals surface area contributed by atoms with Crippen LogP contribution in [0.3, 0.4) is 0 Å². The van der Waals surface area contributed by atoms with Crippen molar-refractivity contribution >= 4 is 5.91 Å². The molecule has 26 heavy (non-hydrogen) atoms. The van der Waals surface area contributed by atoms with E-state index in [1.54, 1.807) is 0 Å². The maximum atomic E-state index is 13.2. The molecule has 1 saturated carbocycles. The first-order valence-corrected chi connectivity index (χ1v) is 9.37. The van der Waals surface area contributed by atoms with E-state index in [1.807, 2.05) is 35.2 Å². The van der Waals surface area contributed by atoms with Crippen LogP contribution < -0.4 is 0 Å². The average molecular weight is 351 g/mol. The van der Waals surface area contributed by atoms with E-state index in [1.165, 1.54) is 5.56 Å². The Balaban J connectivity index is 1.60. The number of aliphatic hydroxyl groups excluding tert-OH is 1. The van der Waals surface area contributed by atoms with Crippen LogP contribution in [0, 0.1) is 12.8 Å². The molecule has 0 bridgehead atoms. The third-order valence-electron chi connectivity index (χ3n) is 5.72. The molecule has 4 rings (SSSR count). The molecule has 2 fully saturated rings. The van der Waals surface area contributed by atoms with Gasteiger partial charge in [-0.1, -0.05) is 36.4 Å². The van der Waals surface area contributed by atoms with Gasteiger partial charge < -0.3 is 14.7 Å². The minimum Gasteiger partial charge on any atom is -0.396 e. The first kappa shape index (κ1) is 17.3. The number of nitrogens with zero attached hydrogens (tertiary/aromatic N) is 1. The van der Waals surface area contributed by atoms with Crippen molar-refractivity contribution < 1.29 is 14.6 Å². The maximum Gasteiger partial charge on any atom is 0.254 e. The summed E-state index contributed by atoms with van der Waals surface area (Å²) in [4.78, 5) is 15.2. The monoisotopic (exact) mass is 351 g/mol. The summed E-state index contributed by atoms with van der Waals surface area (Å²) in [5.74, 6) is 0.300. The third-order valence-corrected chi connectivity index (χ3v) is 5.72. The Morgan fingerprint density at radius 2 is 2.04 bits per heavy atom. The molecule has 1 heterocycles. The van der Waals surface area contributed by atoms with Gasteiger partial charge in [-0.3, -0.25) is 4.79 Å². The van der Waals surface area contributed by atoms with Gasteiger partial charge in [0.1, 0.15) is 0 Å². The number of rotatable bonds is 3. The molecule has 4 heteroatoms. The highest BCUT2D eigenvalue weighted by Gasteiger charge is 2.42. The van der Waals surface area contributed by atoms with Crippen LogP contribution in [0.2, 0.25) is 0 Å². The van der Waals surface area contributed by atoms with Crippen LogP contribution in [0.1, 0.15) is 28.8 Å². The topological polar surface area (TPSA) is 49.8 Å². The van der Waals surface area contributed by atoms with Crippen LogP contribution in [-0.2, 0) is 4.74 Å². The van der Waals surface area contributed by atoms with Crippen LogP contribution in [0.4, 0.5) is 0 Å². The van der Waals surface area contributed by atoms with Gasteiger partial charge in [0.2, 0.25) is 0 Å². The standard InChI is InChI=1S/C22H25NO3/c1-15-5-2-3-8-19(15)17-6-4-7-18(13-17)22(25)23-9-10-26-21-12-16(14-24)11-20(21)23/h2-8,13,16,20-21,24H,9-12,14H2,1H3/t16-,20+,21+/m1/s1. The second-order valence-electron chi connectivity index (χ2n) is 7.39. The third kappa shape index (κ3) is 3.15. The van der Waals surface area contributed by atoms with Crippen LogP contribution in [-0.4, -0.2) is 47.8 Å². The Hall–Kier alpha value is -2.17. The normalized spacial score (nSPS) is 25.2. The lowest BCUT2D eigenvalue weighted by atomic mass is 9.98. The number of hydrogen-bond donors (Lipinski definition) is 1. The molecule has 2 aliphatic rings. The summed E-state index contributed by atoms with van der Waals surface area (Å²) in [6.45, 7) is 3.44. The highest BCUT2D eigenvalue weighted by molar-refractivity contribution is 5.96. The van der Waals surface area contributed by atoms with E-state index in [-0.39, 0.29) is 30.6 Å². The SMILES string of the molecule is Cc1ccccc1-c1cccc(C(=O)N2CCO[C@H]3C[C@H](CO)C[C@@H]32)c1. The maximum absolute atomic E-state index is 13.2. The van der Waals surface area contributed by atoms with Gasteiger partial charge in [-0.15, -0.1) is 0 Å². The van der Waals surface area contributed by atoms with E-state index in [4.69, 9.17) is 4.74 Å². The molecular weight excluding hydrogens is 326 g/mol. The first-order valence-electron chi connectivity index (χ1n) is 9.37. The summed E-state index contributed by atoms with van der Waals surface area (Å²) >= 11 is 0. The lowest BCUT2D eigenvalue weighted by molar-refractivity contribution is -0.0448. The number of carbonyl (C=O) groups is 1. The summed E-state index contributed by atoms with van der Waals surface area (Å²) in [5.41, 5.74) is 4.14. The molecule has 0 radical (unpaired) electrons. The lowest BCUT2D eigenvalue weighted by Crippen LogP contribution is -2.51. The molecule has 1 aliphatic carbocycles. The minimum atomic E-state index is 0.0596. The van der Waals surface area contributed by atoms with E-state index in [9.17, 15) is 9.90 Å². The van der Waals surface area contributed by atoms with Gasteiger partial charge in [0.25, 0.3) is 5.91 Å². The molecule has 2 aromatic rings. The first-order chi connectivity index (χ1) is 12.7. The molecule has 1 aliphatic heterocycles. The largest absolute Gasteiger partial charge is 0.396 e. The van der Waals surface area contributed by atoms with Crippen LogP contribution in [0.15, 0.2) is 48.5 Å². The molecule has 136 valence electrons. The number of aryl methyl sites for hydroxylation is 1. The summed E-state index contributed by atoms with van der Waals surface area (Å²) in [7, 11) is 0. The summed E-state index contributed by atoms with van der Waals surface area (Å²) in [5, 5.41) is 9.48. The molecular formula is C22H25NO3. The second kappa shape index (κ2) is 7.22. The van der Waals surface area contributed by atoms with Crippen LogP contribution >= 0.6 is 0 Å². The Morgan fingerprint density at radius 1 is 1.19 bits per heavy atom. The van der Waals surface area contributed by atoms with Crippen molar-refractivity contribution in [2.45, 2.75) is 31.9 Å². The van der Waals surface area contributed by atoms with E-state index in [0.717, 1.165) is 29.5 Å². The predicted molar refractivity (Wildman–Crippen MR) is 101 cm³/mol. The Labute approximate surface area is 154 Å². The molecule has 3 atom stereocenters. The van der Waals surface area contributed by atoms with Gasteiger partial charge in [-0.2, -0.15) is 0 Å². The average Bonchev–Trinajstić information content (AvgIpc) is 3.11. The highest BCUT2D eigenvalue weighted by Crippen LogP contribution is 2.35. The van der Waals surface area contributed by atoms with E-state index in [0.29, 0.717) is 13.2 Å². The van der Waals surface area contributed by atoms with Crippen LogP contribution in [0.25, 0.3) is 11.1 Å². The molecule has 0 spiro atoms. The van der Waals surface area contributed by atoms with E-state index in [2.05, 4.69) is 25.1 Å². The molecule has 4 nitrogen and oxygen atoms in total. The number of amides is 1. The van der Waals surface area contributed by atoms with Crippen LogP contribution in [0.5, 0.6) is 0 Å². The van der Waals surface area contributed by atoms with Gasteiger partial charge in [0.05, 0.1) is 18.8 Å².